The van der Waals surface area contributed by atoms with Gasteiger partial charge in [-0.05, 0) is 62.5 Å². The molecule has 0 unspecified atom stereocenters. The van der Waals surface area contributed by atoms with E-state index in [2.05, 4.69) is 12.2 Å². The fraction of sp³-hybridized carbons (Fsp3) is 0.625. The fourth-order valence-electron chi connectivity index (χ4n) is 7.60. The molecule has 1 amide bonds. The van der Waals surface area contributed by atoms with E-state index in [4.69, 9.17) is 9.84 Å². The van der Waals surface area contributed by atoms with Crippen molar-refractivity contribution in [1.82, 2.24) is 0 Å². The number of benzene rings is 1. The lowest BCUT2D eigenvalue weighted by molar-refractivity contribution is -0.191. The number of amides is 1. The van der Waals surface area contributed by atoms with Gasteiger partial charge in [-0.15, -0.1) is 0 Å². The molecule has 8 heteroatoms. The molecule has 2 aliphatic heterocycles. The third-order valence-electron chi connectivity index (χ3n) is 8.88. The van der Waals surface area contributed by atoms with Crippen LogP contribution in [0.4, 0.5) is 5.69 Å². The Balaban J connectivity index is 1.35. The zero-order valence-corrected chi connectivity index (χ0v) is 18.3. The monoisotopic (exact) mass is 443 g/mol. The van der Waals surface area contributed by atoms with Crippen molar-refractivity contribution in [3.05, 3.63) is 17.7 Å². The number of phenolic OH excluding ortho intramolecular Hbond substituents is 1. The highest BCUT2D eigenvalue weighted by Gasteiger charge is 2.72. The first-order valence-corrected chi connectivity index (χ1v) is 11.3. The van der Waals surface area contributed by atoms with Crippen molar-refractivity contribution in [2.24, 2.45) is 22.7 Å². The lowest BCUT2D eigenvalue weighted by atomic mass is 9.48. The number of aromatic carboxylic acids is 1. The number of carbonyl (C=O) groups excluding carboxylic acids is 2. The van der Waals surface area contributed by atoms with Gasteiger partial charge in [-0.2, -0.15) is 0 Å². The standard InChI is InChI=1S/C24H29NO7/c1-22(7-6-17(28)25-18-14(26)4-3-13(19(18)29)21(30)31)16(27)5-8-24-10-12-9-15(20(22)24)32-23(12,2)11-24/h3-4,12,15,20,26,29H,5-11H2,1-2H3,(H,25,28)(H,30,31)/t12-,15+,20+,22-,23+,24+/m0/s1. The van der Waals surface area contributed by atoms with Crippen LogP contribution in [-0.2, 0) is 14.3 Å². The number of hydrogen-bond acceptors (Lipinski definition) is 6. The second-order valence-corrected chi connectivity index (χ2v) is 10.7. The number of anilines is 1. The first-order valence-electron chi connectivity index (χ1n) is 11.3. The van der Waals surface area contributed by atoms with Crippen LogP contribution in [0, 0.1) is 22.7 Å². The summed E-state index contributed by atoms with van der Waals surface area (Å²) in [4.78, 5) is 37.1. The van der Waals surface area contributed by atoms with Gasteiger partial charge < -0.3 is 25.4 Å². The first kappa shape index (κ1) is 21.2. The van der Waals surface area contributed by atoms with Gasteiger partial charge in [0.2, 0.25) is 5.91 Å². The van der Waals surface area contributed by atoms with Gasteiger partial charge in [-0.25, -0.2) is 4.79 Å². The maximum Gasteiger partial charge on any atom is 0.339 e. The number of carboxylic acids is 1. The Hall–Kier alpha value is -2.61. The van der Waals surface area contributed by atoms with E-state index in [0.29, 0.717) is 18.8 Å². The maximum atomic E-state index is 13.2. The number of hydrogen-bond donors (Lipinski definition) is 4. The average Bonchev–Trinajstić information content (AvgIpc) is 3.08. The van der Waals surface area contributed by atoms with Crippen LogP contribution < -0.4 is 5.32 Å². The minimum Gasteiger partial charge on any atom is -0.506 e. The number of aromatic hydroxyl groups is 2. The van der Waals surface area contributed by atoms with Gasteiger partial charge in [0.05, 0.1) is 11.7 Å². The van der Waals surface area contributed by atoms with E-state index in [1.54, 1.807) is 0 Å². The third-order valence-corrected chi connectivity index (χ3v) is 8.88. The highest BCUT2D eigenvalue weighted by molar-refractivity contribution is 5.99. The second-order valence-electron chi connectivity index (χ2n) is 10.7. The normalized spacial score (nSPS) is 39.2. The second kappa shape index (κ2) is 6.70. The summed E-state index contributed by atoms with van der Waals surface area (Å²) in [6, 6.07) is 2.17. The summed E-state index contributed by atoms with van der Waals surface area (Å²) in [7, 11) is 0. The van der Waals surface area contributed by atoms with E-state index in [0.717, 1.165) is 37.8 Å². The summed E-state index contributed by atoms with van der Waals surface area (Å²) in [6.07, 6.45) is 4.85. The number of Topliss-reactive ketones (excluding diaryl/α,β-unsaturated/α-hetero) is 1. The van der Waals surface area contributed by atoms with E-state index in [1.165, 1.54) is 0 Å². The lowest BCUT2D eigenvalue weighted by Crippen LogP contribution is -2.58. The van der Waals surface area contributed by atoms with E-state index in [-0.39, 0.29) is 40.9 Å². The molecule has 8 nitrogen and oxygen atoms in total. The molecule has 2 heterocycles. The molecule has 2 saturated heterocycles. The zero-order valence-electron chi connectivity index (χ0n) is 18.3. The van der Waals surface area contributed by atoms with Crippen LogP contribution in [-0.4, -0.2) is 44.7 Å². The molecule has 4 N–H and O–H groups in total. The van der Waals surface area contributed by atoms with E-state index >= 15 is 0 Å². The number of ether oxygens (including phenoxy) is 1. The summed E-state index contributed by atoms with van der Waals surface area (Å²) in [5.41, 5.74) is -1.40. The Labute approximate surface area is 186 Å². The summed E-state index contributed by atoms with van der Waals surface area (Å²) in [5.74, 6) is -2.18. The number of phenols is 2. The molecule has 3 saturated carbocycles. The summed E-state index contributed by atoms with van der Waals surface area (Å²) >= 11 is 0. The molecule has 6 atom stereocenters. The number of carboxylic acid groups (broad SMARTS) is 1. The predicted molar refractivity (Wildman–Crippen MR) is 113 cm³/mol. The Morgan fingerprint density at radius 2 is 2.00 bits per heavy atom. The Kier molecular flexibility index (Phi) is 4.45. The Morgan fingerprint density at radius 1 is 1.25 bits per heavy atom. The van der Waals surface area contributed by atoms with Crippen molar-refractivity contribution >= 4 is 23.3 Å². The van der Waals surface area contributed by atoms with E-state index in [1.807, 2.05) is 6.92 Å². The van der Waals surface area contributed by atoms with Crippen LogP contribution in [0.25, 0.3) is 0 Å². The molecule has 1 aromatic carbocycles. The highest BCUT2D eigenvalue weighted by atomic mass is 16.5. The highest BCUT2D eigenvalue weighted by Crippen LogP contribution is 2.73. The van der Waals surface area contributed by atoms with Crippen molar-refractivity contribution < 1.29 is 34.4 Å². The van der Waals surface area contributed by atoms with Crippen molar-refractivity contribution in [2.75, 3.05) is 5.32 Å². The Morgan fingerprint density at radius 3 is 2.69 bits per heavy atom. The fourth-order valence-corrected chi connectivity index (χ4v) is 7.60. The van der Waals surface area contributed by atoms with Gasteiger partial charge in [0.1, 0.15) is 22.8 Å². The van der Waals surface area contributed by atoms with Gasteiger partial charge in [0, 0.05) is 24.2 Å². The molecule has 172 valence electrons. The predicted octanol–water partition coefficient (Wildman–Crippen LogP) is 3.46. The van der Waals surface area contributed by atoms with E-state index < -0.39 is 34.4 Å². The summed E-state index contributed by atoms with van der Waals surface area (Å²) in [6.45, 7) is 4.17. The number of ketones is 1. The van der Waals surface area contributed by atoms with Gasteiger partial charge in [0.15, 0.2) is 5.75 Å². The van der Waals surface area contributed by atoms with Crippen molar-refractivity contribution in [1.29, 1.82) is 0 Å². The molecular formula is C24H29NO7. The maximum absolute atomic E-state index is 13.2. The minimum atomic E-state index is -1.37. The largest absolute Gasteiger partial charge is 0.506 e. The van der Waals surface area contributed by atoms with Crippen LogP contribution in [0.15, 0.2) is 12.1 Å². The van der Waals surface area contributed by atoms with E-state index in [9.17, 15) is 24.6 Å². The zero-order chi connectivity index (χ0) is 23.1. The molecule has 0 radical (unpaired) electrons. The van der Waals surface area contributed by atoms with Crippen molar-refractivity contribution in [2.45, 2.75) is 70.5 Å². The van der Waals surface area contributed by atoms with Gasteiger partial charge in [0.25, 0.3) is 0 Å². The van der Waals surface area contributed by atoms with Gasteiger partial charge in [-0.3, -0.25) is 9.59 Å². The SMILES string of the molecule is C[C@@]12C[C@]34CCC(=O)[C@](C)(CCC(=O)Nc5c(O)ccc(C(=O)O)c5O)[C@H]3[C@@H](C[C@H]1C4)O2. The van der Waals surface area contributed by atoms with Crippen molar-refractivity contribution in [3.63, 3.8) is 0 Å². The molecule has 0 aromatic heterocycles. The van der Waals surface area contributed by atoms with Crippen LogP contribution in [0.5, 0.6) is 11.5 Å². The number of rotatable bonds is 5. The first-order chi connectivity index (χ1) is 15.0. The lowest BCUT2D eigenvalue weighted by Gasteiger charge is -2.57. The third kappa shape index (κ3) is 2.81. The van der Waals surface area contributed by atoms with Crippen LogP contribution in [0.1, 0.15) is 69.2 Å². The molecule has 5 fully saturated rings. The minimum absolute atomic E-state index is 0.0123. The molecule has 4 bridgehead atoms. The average molecular weight is 443 g/mol. The topological polar surface area (TPSA) is 133 Å². The smallest absolute Gasteiger partial charge is 0.339 e. The van der Waals surface area contributed by atoms with Crippen LogP contribution >= 0.6 is 0 Å². The molecule has 32 heavy (non-hydrogen) atoms. The van der Waals surface area contributed by atoms with Gasteiger partial charge >= 0.3 is 5.97 Å². The summed E-state index contributed by atoms with van der Waals surface area (Å²) < 4.78 is 6.44. The molecule has 6 rings (SSSR count). The molecule has 1 aromatic rings. The van der Waals surface area contributed by atoms with Crippen LogP contribution in [0.2, 0.25) is 0 Å². The van der Waals surface area contributed by atoms with Gasteiger partial charge in [-0.1, -0.05) is 6.92 Å². The molecule has 3 aliphatic carbocycles. The molecular weight excluding hydrogens is 414 g/mol. The Bertz CT molecular complexity index is 1040. The number of nitrogens with one attached hydrogen (secondary N) is 1. The summed E-state index contributed by atoms with van der Waals surface area (Å²) in [5, 5.41) is 31.8. The van der Waals surface area contributed by atoms with Crippen LogP contribution in [0.3, 0.4) is 0 Å². The molecule has 5 aliphatic rings. The molecule has 1 spiro atoms. The van der Waals surface area contributed by atoms with Crippen molar-refractivity contribution in [3.8, 4) is 11.5 Å². The quantitative estimate of drug-likeness (QED) is 0.512. The number of carbonyl (C=O) groups is 3.